The van der Waals surface area contributed by atoms with Gasteiger partial charge in [-0.25, -0.2) is 4.98 Å². The summed E-state index contributed by atoms with van der Waals surface area (Å²) in [5.74, 6) is -0.281. The average molecular weight is 371 g/mol. The zero-order chi connectivity index (χ0) is 18.5. The minimum Gasteiger partial charge on any atom is -0.378 e. The maximum atomic E-state index is 12.7. The van der Waals surface area contributed by atoms with E-state index >= 15 is 0 Å². The van der Waals surface area contributed by atoms with Crippen LogP contribution in [0, 0.1) is 6.92 Å². The van der Waals surface area contributed by atoms with Crippen molar-refractivity contribution in [3.8, 4) is 0 Å². The number of nitrogens with one attached hydrogen (secondary N) is 1. The molecular weight excluding hydrogens is 350 g/mol. The Balaban J connectivity index is 1.81. The van der Waals surface area contributed by atoms with Crippen molar-refractivity contribution in [2.45, 2.75) is 11.9 Å². The Morgan fingerprint density at radius 2 is 2.00 bits per heavy atom. The monoisotopic (exact) mass is 371 g/mol. The van der Waals surface area contributed by atoms with Crippen LogP contribution < -0.4 is 5.32 Å². The average Bonchev–Trinajstić information content (AvgIpc) is 2.69. The first-order valence-corrected chi connectivity index (χ1v) is 9.60. The van der Waals surface area contributed by atoms with E-state index in [0.717, 1.165) is 5.56 Å². The first-order valence-electron chi connectivity index (χ1n) is 8.38. The predicted octanol–water partition coefficient (Wildman–Crippen LogP) is 2.84. The molecule has 0 unspecified atom stereocenters. The van der Waals surface area contributed by atoms with E-state index in [0.29, 0.717) is 48.1 Å². The third kappa shape index (κ3) is 4.05. The van der Waals surface area contributed by atoms with Crippen LogP contribution in [0.5, 0.6) is 0 Å². The summed E-state index contributed by atoms with van der Waals surface area (Å²) in [6, 6.07) is 8.86. The number of aryl methyl sites for hydroxylation is 1. The van der Waals surface area contributed by atoms with Gasteiger partial charge in [0.05, 0.1) is 18.8 Å². The maximum absolute atomic E-state index is 12.7. The Labute approximate surface area is 156 Å². The number of aromatic nitrogens is 1. The summed E-state index contributed by atoms with van der Waals surface area (Å²) in [4.78, 5) is 31.3. The number of morpholine rings is 1. The van der Waals surface area contributed by atoms with Gasteiger partial charge in [-0.05, 0) is 43.0 Å². The summed E-state index contributed by atoms with van der Waals surface area (Å²) < 4.78 is 5.29. The second kappa shape index (κ2) is 8.33. The number of benzene rings is 1. The summed E-state index contributed by atoms with van der Waals surface area (Å²) in [6.45, 7) is 4.18. The lowest BCUT2D eigenvalue weighted by molar-refractivity contribution is 0.0303. The molecular formula is C19H21N3O3S. The van der Waals surface area contributed by atoms with Crippen LogP contribution in [0.3, 0.4) is 0 Å². The molecule has 2 heterocycles. The molecule has 0 atom stereocenters. The molecule has 1 aromatic carbocycles. The number of pyridine rings is 1. The Morgan fingerprint density at radius 1 is 1.23 bits per heavy atom. The molecule has 1 aliphatic rings. The quantitative estimate of drug-likeness (QED) is 0.837. The van der Waals surface area contributed by atoms with E-state index in [1.54, 1.807) is 35.4 Å². The molecule has 136 valence electrons. The molecule has 0 aliphatic carbocycles. The lowest BCUT2D eigenvalue weighted by Crippen LogP contribution is -2.40. The van der Waals surface area contributed by atoms with E-state index in [4.69, 9.17) is 4.74 Å². The van der Waals surface area contributed by atoms with Gasteiger partial charge in [-0.3, -0.25) is 9.59 Å². The SMILES string of the molecule is CSc1ncccc1C(=O)Nc1cc(C(=O)N2CCOCC2)ccc1C. The van der Waals surface area contributed by atoms with Crippen molar-refractivity contribution in [2.24, 2.45) is 0 Å². The topological polar surface area (TPSA) is 71.5 Å². The lowest BCUT2D eigenvalue weighted by Gasteiger charge is -2.27. The molecule has 6 nitrogen and oxygen atoms in total. The number of anilines is 1. The van der Waals surface area contributed by atoms with E-state index in [9.17, 15) is 9.59 Å². The number of carbonyl (C=O) groups excluding carboxylic acids is 2. The number of thioether (sulfide) groups is 1. The van der Waals surface area contributed by atoms with Crippen molar-refractivity contribution in [2.75, 3.05) is 37.9 Å². The molecule has 1 saturated heterocycles. The molecule has 0 spiro atoms. The van der Waals surface area contributed by atoms with E-state index in [1.165, 1.54) is 11.8 Å². The number of hydrogen-bond donors (Lipinski definition) is 1. The Bertz CT molecular complexity index is 819. The van der Waals surface area contributed by atoms with Crippen molar-refractivity contribution in [3.05, 3.63) is 53.2 Å². The van der Waals surface area contributed by atoms with Crippen LogP contribution in [0.1, 0.15) is 26.3 Å². The van der Waals surface area contributed by atoms with E-state index < -0.39 is 0 Å². The highest BCUT2D eigenvalue weighted by Gasteiger charge is 2.20. The number of hydrogen-bond acceptors (Lipinski definition) is 5. The Hall–Kier alpha value is -2.38. The summed E-state index contributed by atoms with van der Waals surface area (Å²) in [5, 5.41) is 3.58. The van der Waals surface area contributed by atoms with Crippen molar-refractivity contribution in [1.29, 1.82) is 0 Å². The zero-order valence-corrected chi connectivity index (χ0v) is 15.6. The fraction of sp³-hybridized carbons (Fsp3) is 0.316. The molecule has 1 aromatic heterocycles. The standard InChI is InChI=1S/C19H21N3O3S/c1-13-5-6-14(19(24)22-8-10-25-11-9-22)12-16(13)21-17(23)15-4-3-7-20-18(15)26-2/h3-7,12H,8-11H2,1-2H3,(H,21,23). The summed E-state index contributed by atoms with van der Waals surface area (Å²) >= 11 is 1.42. The van der Waals surface area contributed by atoms with Gasteiger partial charge in [-0.2, -0.15) is 0 Å². The van der Waals surface area contributed by atoms with E-state index in [1.807, 2.05) is 19.2 Å². The van der Waals surface area contributed by atoms with Gasteiger partial charge >= 0.3 is 0 Å². The highest BCUT2D eigenvalue weighted by molar-refractivity contribution is 7.98. The van der Waals surface area contributed by atoms with Gasteiger partial charge in [-0.1, -0.05) is 6.07 Å². The van der Waals surface area contributed by atoms with Crippen molar-refractivity contribution >= 4 is 29.3 Å². The van der Waals surface area contributed by atoms with Crippen LogP contribution in [0.2, 0.25) is 0 Å². The van der Waals surface area contributed by atoms with E-state index in [2.05, 4.69) is 10.3 Å². The first-order chi connectivity index (χ1) is 12.6. The van der Waals surface area contributed by atoms with Gasteiger partial charge in [-0.15, -0.1) is 11.8 Å². The minimum absolute atomic E-state index is 0.0463. The largest absolute Gasteiger partial charge is 0.378 e. The van der Waals surface area contributed by atoms with Gasteiger partial charge in [0.2, 0.25) is 0 Å². The van der Waals surface area contributed by atoms with Crippen LogP contribution in [-0.2, 0) is 4.74 Å². The smallest absolute Gasteiger partial charge is 0.258 e. The Kier molecular flexibility index (Phi) is 5.90. The molecule has 0 bridgehead atoms. The highest BCUT2D eigenvalue weighted by atomic mass is 32.2. The first kappa shape index (κ1) is 18.4. The number of nitrogens with zero attached hydrogens (tertiary/aromatic N) is 2. The number of amides is 2. The van der Waals surface area contributed by atoms with Crippen LogP contribution >= 0.6 is 11.8 Å². The van der Waals surface area contributed by atoms with E-state index in [-0.39, 0.29) is 11.8 Å². The summed E-state index contributed by atoms with van der Waals surface area (Å²) in [5.41, 5.74) is 2.60. The predicted molar refractivity (Wildman–Crippen MR) is 102 cm³/mol. The lowest BCUT2D eigenvalue weighted by atomic mass is 10.1. The Morgan fingerprint density at radius 3 is 2.73 bits per heavy atom. The van der Waals surface area contributed by atoms with Gasteiger partial charge < -0.3 is 15.0 Å². The number of carbonyl (C=O) groups is 2. The molecule has 2 aromatic rings. The molecule has 1 N–H and O–H groups in total. The van der Waals surface area contributed by atoms with Crippen molar-refractivity contribution in [3.63, 3.8) is 0 Å². The maximum Gasteiger partial charge on any atom is 0.258 e. The van der Waals surface area contributed by atoms with Crippen LogP contribution in [-0.4, -0.2) is 54.3 Å². The van der Waals surface area contributed by atoms with Crippen LogP contribution in [0.4, 0.5) is 5.69 Å². The van der Waals surface area contributed by atoms with Crippen molar-refractivity contribution < 1.29 is 14.3 Å². The third-order valence-corrected chi connectivity index (χ3v) is 4.95. The summed E-state index contributed by atoms with van der Waals surface area (Å²) in [7, 11) is 0. The van der Waals surface area contributed by atoms with Gasteiger partial charge in [0.15, 0.2) is 0 Å². The molecule has 1 fully saturated rings. The second-order valence-electron chi connectivity index (χ2n) is 5.95. The number of rotatable bonds is 4. The van der Waals surface area contributed by atoms with Gasteiger partial charge in [0.1, 0.15) is 5.03 Å². The normalized spacial score (nSPS) is 14.2. The number of ether oxygens (including phenoxy) is 1. The molecule has 1 aliphatic heterocycles. The minimum atomic E-state index is -0.235. The van der Waals surface area contributed by atoms with Crippen LogP contribution in [0.15, 0.2) is 41.6 Å². The molecule has 0 saturated carbocycles. The third-order valence-electron chi connectivity index (χ3n) is 4.24. The molecule has 3 rings (SSSR count). The second-order valence-corrected chi connectivity index (χ2v) is 6.74. The van der Waals surface area contributed by atoms with Gasteiger partial charge in [0.25, 0.3) is 11.8 Å². The summed E-state index contributed by atoms with van der Waals surface area (Å²) in [6.07, 6.45) is 3.54. The molecule has 0 radical (unpaired) electrons. The molecule has 26 heavy (non-hydrogen) atoms. The van der Waals surface area contributed by atoms with Crippen molar-refractivity contribution in [1.82, 2.24) is 9.88 Å². The van der Waals surface area contributed by atoms with Gasteiger partial charge in [0, 0.05) is 30.5 Å². The fourth-order valence-corrected chi connectivity index (χ4v) is 3.30. The zero-order valence-electron chi connectivity index (χ0n) is 14.8. The highest BCUT2D eigenvalue weighted by Crippen LogP contribution is 2.22. The fourth-order valence-electron chi connectivity index (χ4n) is 2.75. The molecule has 7 heteroatoms. The van der Waals surface area contributed by atoms with Crippen LogP contribution in [0.25, 0.3) is 0 Å². The molecule has 2 amide bonds.